The lowest BCUT2D eigenvalue weighted by Gasteiger charge is -2.33. The number of piperidine rings is 1. The summed E-state index contributed by atoms with van der Waals surface area (Å²) in [6, 6.07) is 7.91. The quantitative estimate of drug-likeness (QED) is 0.557. The molecule has 1 amide bonds. The molecule has 0 aliphatic carbocycles. The van der Waals surface area contributed by atoms with Crippen LogP contribution in [0, 0.1) is 5.82 Å². The van der Waals surface area contributed by atoms with Crippen molar-refractivity contribution in [3.63, 3.8) is 0 Å². The molecule has 32 heavy (non-hydrogen) atoms. The molecule has 6 nitrogen and oxygen atoms in total. The van der Waals surface area contributed by atoms with Crippen LogP contribution >= 0.6 is 0 Å². The predicted molar refractivity (Wildman–Crippen MR) is 106 cm³/mol. The Labute approximate surface area is 180 Å². The van der Waals surface area contributed by atoms with Crippen molar-refractivity contribution in [2.45, 2.75) is 25.1 Å². The van der Waals surface area contributed by atoms with Crippen LogP contribution in [-0.4, -0.2) is 45.0 Å². The lowest BCUT2D eigenvalue weighted by Crippen LogP contribution is -2.44. The van der Waals surface area contributed by atoms with E-state index in [1.165, 1.54) is 29.4 Å². The monoisotopic (exact) mass is 446 g/mol. The van der Waals surface area contributed by atoms with Crippen LogP contribution in [-0.2, 0) is 6.18 Å². The largest absolute Gasteiger partial charge is 0.472 e. The van der Waals surface area contributed by atoms with Crippen molar-refractivity contribution in [2.24, 2.45) is 0 Å². The number of pyridine rings is 1. The fourth-order valence-corrected chi connectivity index (χ4v) is 3.53. The second-order valence-corrected chi connectivity index (χ2v) is 7.25. The highest BCUT2D eigenvalue weighted by Gasteiger charge is 2.32. The van der Waals surface area contributed by atoms with E-state index in [2.05, 4.69) is 15.0 Å². The molecule has 3 aromatic rings. The Kier molecular flexibility index (Phi) is 6.02. The molecular weight excluding hydrogens is 428 g/mol. The fourth-order valence-electron chi connectivity index (χ4n) is 3.53. The van der Waals surface area contributed by atoms with Crippen LogP contribution in [0.3, 0.4) is 0 Å². The minimum atomic E-state index is -4.49. The predicted octanol–water partition coefficient (Wildman–Crippen LogP) is 4.38. The Morgan fingerprint density at radius 1 is 1.06 bits per heavy atom. The Morgan fingerprint density at radius 3 is 2.53 bits per heavy atom. The number of alkyl halides is 3. The number of ether oxygens (including phenoxy) is 1. The van der Waals surface area contributed by atoms with Gasteiger partial charge in [-0.15, -0.1) is 0 Å². The zero-order valence-electron chi connectivity index (χ0n) is 16.7. The molecular formula is C22H18F4N4O2. The summed E-state index contributed by atoms with van der Waals surface area (Å²) in [5, 5.41) is 0. The summed E-state index contributed by atoms with van der Waals surface area (Å²) in [6.07, 6.45) is -0.0973. The van der Waals surface area contributed by atoms with Crippen molar-refractivity contribution in [3.05, 3.63) is 71.9 Å². The zero-order valence-corrected chi connectivity index (χ0v) is 16.7. The number of hydrogen-bond acceptors (Lipinski definition) is 5. The van der Waals surface area contributed by atoms with Crippen LogP contribution in [0.5, 0.6) is 5.88 Å². The van der Waals surface area contributed by atoms with Crippen molar-refractivity contribution in [1.29, 1.82) is 0 Å². The van der Waals surface area contributed by atoms with Gasteiger partial charge in [-0.3, -0.25) is 4.79 Å². The summed E-state index contributed by atoms with van der Waals surface area (Å²) >= 11 is 0. The first kappa shape index (κ1) is 21.7. The Morgan fingerprint density at radius 2 is 1.84 bits per heavy atom. The van der Waals surface area contributed by atoms with Gasteiger partial charge in [-0.25, -0.2) is 19.3 Å². The van der Waals surface area contributed by atoms with Crippen molar-refractivity contribution in [3.8, 4) is 17.3 Å². The first-order valence-corrected chi connectivity index (χ1v) is 9.88. The molecule has 0 bridgehead atoms. The molecule has 0 unspecified atom stereocenters. The van der Waals surface area contributed by atoms with Crippen LogP contribution in [0.2, 0.25) is 0 Å². The van der Waals surface area contributed by atoms with Crippen molar-refractivity contribution >= 4 is 5.91 Å². The summed E-state index contributed by atoms with van der Waals surface area (Å²) in [6.45, 7) is 0.535. The van der Waals surface area contributed by atoms with E-state index < -0.39 is 29.6 Å². The van der Waals surface area contributed by atoms with Gasteiger partial charge in [0, 0.05) is 36.8 Å². The molecule has 2 aromatic heterocycles. The SMILES string of the molecule is O=C(c1c(F)cccc1-c1ncccn1)N1CCC[C@@H](Oc2ccc(C(F)(F)F)cn2)C1. The summed E-state index contributed by atoms with van der Waals surface area (Å²) in [5.74, 6) is -0.956. The van der Waals surface area contributed by atoms with Gasteiger partial charge in [0.15, 0.2) is 5.82 Å². The molecule has 0 saturated carbocycles. The highest BCUT2D eigenvalue weighted by atomic mass is 19.4. The molecule has 166 valence electrons. The van der Waals surface area contributed by atoms with E-state index >= 15 is 0 Å². The standard InChI is InChI=1S/C22H18F4N4O2/c23-17-6-1-5-16(20-27-9-3-10-28-20)19(17)21(31)30-11-2-4-15(13-30)32-18-8-7-14(12-29-18)22(24,25)26/h1,3,5-10,12,15H,2,4,11,13H2/t15-/m1/s1. The van der Waals surface area contributed by atoms with Crippen molar-refractivity contribution < 1.29 is 27.1 Å². The van der Waals surface area contributed by atoms with E-state index in [1.54, 1.807) is 12.1 Å². The second-order valence-electron chi connectivity index (χ2n) is 7.25. The van der Waals surface area contributed by atoms with Gasteiger partial charge in [-0.2, -0.15) is 13.2 Å². The molecule has 4 rings (SSSR count). The summed E-state index contributed by atoms with van der Waals surface area (Å²) < 4.78 is 58.5. The number of carbonyl (C=O) groups excluding carboxylic acids is 1. The summed E-state index contributed by atoms with van der Waals surface area (Å²) in [4.78, 5) is 26.6. The zero-order chi connectivity index (χ0) is 22.7. The molecule has 0 radical (unpaired) electrons. The van der Waals surface area contributed by atoms with Gasteiger partial charge < -0.3 is 9.64 Å². The van der Waals surface area contributed by atoms with E-state index in [-0.39, 0.29) is 29.4 Å². The third kappa shape index (κ3) is 4.68. The van der Waals surface area contributed by atoms with Crippen molar-refractivity contribution in [2.75, 3.05) is 13.1 Å². The van der Waals surface area contributed by atoms with E-state index in [4.69, 9.17) is 4.74 Å². The Balaban J connectivity index is 1.51. The number of likely N-dealkylation sites (tertiary alicyclic amines) is 1. The number of amides is 1. The van der Waals surface area contributed by atoms with Crippen LogP contribution in [0.4, 0.5) is 17.6 Å². The summed E-state index contributed by atoms with van der Waals surface area (Å²) in [5.41, 5.74) is -0.726. The van der Waals surface area contributed by atoms with Gasteiger partial charge in [0.2, 0.25) is 5.88 Å². The molecule has 0 spiro atoms. The van der Waals surface area contributed by atoms with Gasteiger partial charge in [0.1, 0.15) is 11.9 Å². The van der Waals surface area contributed by atoms with Gasteiger partial charge in [-0.1, -0.05) is 12.1 Å². The van der Waals surface area contributed by atoms with Crippen LogP contribution in [0.1, 0.15) is 28.8 Å². The Bertz CT molecular complexity index is 1090. The number of benzene rings is 1. The number of hydrogen-bond donors (Lipinski definition) is 0. The van der Waals surface area contributed by atoms with Gasteiger partial charge in [0.25, 0.3) is 5.91 Å². The lowest BCUT2D eigenvalue weighted by molar-refractivity contribution is -0.137. The molecule has 1 fully saturated rings. The molecule has 1 atom stereocenters. The van der Waals surface area contributed by atoms with E-state index in [0.29, 0.717) is 25.6 Å². The molecule has 0 N–H and O–H groups in total. The second kappa shape index (κ2) is 8.89. The molecule has 1 aromatic carbocycles. The fraction of sp³-hybridized carbons (Fsp3) is 0.273. The third-order valence-electron chi connectivity index (χ3n) is 5.05. The maximum absolute atomic E-state index is 14.7. The highest BCUT2D eigenvalue weighted by Crippen LogP contribution is 2.30. The number of carbonyl (C=O) groups is 1. The van der Waals surface area contributed by atoms with E-state index in [0.717, 1.165) is 12.1 Å². The summed E-state index contributed by atoms with van der Waals surface area (Å²) in [7, 11) is 0. The molecule has 3 heterocycles. The maximum Gasteiger partial charge on any atom is 0.417 e. The van der Waals surface area contributed by atoms with Gasteiger partial charge in [0.05, 0.1) is 17.7 Å². The minimum absolute atomic E-state index is 0.0292. The first-order chi connectivity index (χ1) is 15.3. The van der Waals surface area contributed by atoms with Crippen LogP contribution in [0.15, 0.2) is 55.0 Å². The first-order valence-electron chi connectivity index (χ1n) is 9.88. The molecule has 1 aliphatic heterocycles. The normalized spacial score (nSPS) is 16.6. The molecule has 1 saturated heterocycles. The van der Waals surface area contributed by atoms with Crippen LogP contribution in [0.25, 0.3) is 11.4 Å². The number of halogens is 4. The van der Waals surface area contributed by atoms with Gasteiger partial charge >= 0.3 is 6.18 Å². The highest BCUT2D eigenvalue weighted by molar-refractivity contribution is 6.00. The smallest absolute Gasteiger partial charge is 0.417 e. The Hall–Kier alpha value is -3.56. The van der Waals surface area contributed by atoms with Crippen molar-refractivity contribution in [1.82, 2.24) is 19.9 Å². The molecule has 10 heteroatoms. The number of aromatic nitrogens is 3. The van der Waals surface area contributed by atoms with Gasteiger partial charge in [-0.05, 0) is 31.0 Å². The van der Waals surface area contributed by atoms with Crippen LogP contribution < -0.4 is 4.74 Å². The average Bonchev–Trinajstić information content (AvgIpc) is 2.79. The average molecular weight is 446 g/mol. The van der Waals surface area contributed by atoms with E-state index in [1.807, 2.05) is 0 Å². The molecule has 1 aliphatic rings. The third-order valence-corrected chi connectivity index (χ3v) is 5.05. The van der Waals surface area contributed by atoms with E-state index in [9.17, 15) is 22.4 Å². The maximum atomic E-state index is 14.7. The lowest BCUT2D eigenvalue weighted by atomic mass is 10.0. The number of rotatable bonds is 4. The topological polar surface area (TPSA) is 68.2 Å². The minimum Gasteiger partial charge on any atom is -0.472 e. The number of nitrogens with zero attached hydrogens (tertiary/aromatic N) is 4.